The van der Waals surface area contributed by atoms with Crippen molar-refractivity contribution in [2.24, 2.45) is 11.8 Å². The van der Waals surface area contributed by atoms with E-state index in [4.69, 9.17) is 4.74 Å². The van der Waals surface area contributed by atoms with Crippen molar-refractivity contribution in [2.45, 2.75) is 45.1 Å². The summed E-state index contributed by atoms with van der Waals surface area (Å²) in [6, 6.07) is 10.6. The summed E-state index contributed by atoms with van der Waals surface area (Å²) >= 11 is 2.44. The third kappa shape index (κ3) is 4.19. The van der Waals surface area contributed by atoms with Crippen molar-refractivity contribution in [3.8, 4) is 0 Å². The molecule has 0 aliphatic heterocycles. The Morgan fingerprint density at radius 3 is 2.63 bits per heavy atom. The second-order valence-corrected chi connectivity index (χ2v) is 6.94. The van der Waals surface area contributed by atoms with Crippen molar-refractivity contribution < 1.29 is 4.74 Å². The predicted octanol–water partition coefficient (Wildman–Crippen LogP) is 5.18. The zero-order valence-electron chi connectivity index (χ0n) is 12.1. The van der Waals surface area contributed by atoms with E-state index in [1.54, 1.807) is 0 Å². The van der Waals surface area contributed by atoms with Gasteiger partial charge in [-0.1, -0.05) is 72.7 Å². The normalized spacial score (nSPS) is 26.9. The van der Waals surface area contributed by atoms with Gasteiger partial charge in [-0.15, -0.1) is 0 Å². The van der Waals surface area contributed by atoms with Crippen LogP contribution >= 0.6 is 22.6 Å². The first kappa shape index (κ1) is 15.3. The molecule has 2 heteroatoms. The molecule has 0 bridgehead atoms. The van der Waals surface area contributed by atoms with Gasteiger partial charge in [-0.3, -0.25) is 0 Å². The van der Waals surface area contributed by atoms with Gasteiger partial charge in [0, 0.05) is 4.43 Å². The van der Waals surface area contributed by atoms with Crippen molar-refractivity contribution in [2.75, 3.05) is 11.0 Å². The van der Waals surface area contributed by atoms with Crippen molar-refractivity contribution in [3.63, 3.8) is 0 Å². The monoisotopic (exact) mass is 372 g/mol. The van der Waals surface area contributed by atoms with Crippen LogP contribution in [0.4, 0.5) is 0 Å². The molecule has 0 radical (unpaired) electrons. The molecule has 1 nitrogen and oxygen atoms in total. The Morgan fingerprint density at radius 2 is 2.00 bits per heavy atom. The molecule has 1 aliphatic carbocycles. The lowest BCUT2D eigenvalue weighted by atomic mass is 9.83. The van der Waals surface area contributed by atoms with E-state index in [2.05, 4.69) is 66.8 Å². The molecule has 3 atom stereocenters. The summed E-state index contributed by atoms with van der Waals surface area (Å²) in [5.74, 6) is 1.64. The quantitative estimate of drug-likeness (QED) is 0.511. The summed E-state index contributed by atoms with van der Waals surface area (Å²) in [7, 11) is 0. The molecule has 19 heavy (non-hydrogen) atoms. The number of halogens is 1. The van der Waals surface area contributed by atoms with Gasteiger partial charge in [0.1, 0.15) is 0 Å². The van der Waals surface area contributed by atoms with E-state index in [9.17, 15) is 0 Å². The summed E-state index contributed by atoms with van der Waals surface area (Å²) in [5.41, 5.74) is 1.16. The standard InChI is InChI=1S/C17H25IO/c1-14-7-6-8-15(11-14)12-19-17(2,13-18)16-9-4-3-5-10-16/h3-5,9-10,14-15H,6-8,11-13H2,1-2H3. The minimum Gasteiger partial charge on any atom is -0.369 e. The molecule has 106 valence electrons. The molecule has 1 fully saturated rings. The number of benzene rings is 1. The van der Waals surface area contributed by atoms with Crippen LogP contribution in [0.3, 0.4) is 0 Å². The lowest BCUT2D eigenvalue weighted by Gasteiger charge is -2.33. The molecule has 0 amide bonds. The first-order chi connectivity index (χ1) is 9.14. The summed E-state index contributed by atoms with van der Waals surface area (Å²) in [6.45, 7) is 5.51. The van der Waals surface area contributed by atoms with Crippen LogP contribution < -0.4 is 0 Å². The molecule has 2 rings (SSSR count). The molecule has 1 aromatic rings. The van der Waals surface area contributed by atoms with Gasteiger partial charge in [0.25, 0.3) is 0 Å². The van der Waals surface area contributed by atoms with Gasteiger partial charge < -0.3 is 4.74 Å². The largest absolute Gasteiger partial charge is 0.369 e. The van der Waals surface area contributed by atoms with E-state index in [0.29, 0.717) is 0 Å². The highest BCUT2D eigenvalue weighted by Crippen LogP contribution is 2.33. The SMILES string of the molecule is CC1CCCC(COC(C)(CI)c2ccccc2)C1. The Kier molecular flexibility index (Phi) is 5.70. The third-order valence-electron chi connectivity index (χ3n) is 4.32. The van der Waals surface area contributed by atoms with E-state index < -0.39 is 0 Å². The maximum absolute atomic E-state index is 6.35. The van der Waals surface area contributed by atoms with Gasteiger partial charge in [-0.05, 0) is 37.2 Å². The van der Waals surface area contributed by atoms with Crippen LogP contribution in [0.15, 0.2) is 30.3 Å². The lowest BCUT2D eigenvalue weighted by molar-refractivity contribution is -0.0421. The molecular weight excluding hydrogens is 347 g/mol. The Hall–Kier alpha value is -0.0900. The van der Waals surface area contributed by atoms with Crippen molar-refractivity contribution in [1.82, 2.24) is 0 Å². The van der Waals surface area contributed by atoms with Crippen molar-refractivity contribution >= 4 is 22.6 Å². The number of hydrogen-bond donors (Lipinski definition) is 0. The Bertz CT molecular complexity index is 378. The highest BCUT2D eigenvalue weighted by molar-refractivity contribution is 14.1. The van der Waals surface area contributed by atoms with E-state index in [1.807, 2.05) is 0 Å². The number of ether oxygens (including phenoxy) is 1. The number of alkyl halides is 1. The molecule has 1 saturated carbocycles. The fourth-order valence-corrected chi connectivity index (χ4v) is 3.66. The molecule has 0 N–H and O–H groups in total. The Balaban J connectivity index is 1.95. The number of rotatable bonds is 5. The number of hydrogen-bond acceptors (Lipinski definition) is 1. The van der Waals surface area contributed by atoms with Gasteiger partial charge in [-0.2, -0.15) is 0 Å². The Morgan fingerprint density at radius 1 is 1.26 bits per heavy atom. The van der Waals surface area contributed by atoms with Crippen LogP contribution in [0, 0.1) is 11.8 Å². The molecule has 0 aromatic heterocycles. The van der Waals surface area contributed by atoms with Crippen molar-refractivity contribution in [1.29, 1.82) is 0 Å². The first-order valence-corrected chi connectivity index (χ1v) is 8.92. The van der Waals surface area contributed by atoms with Crippen LogP contribution in [0.25, 0.3) is 0 Å². The van der Waals surface area contributed by atoms with Crippen LogP contribution in [0.2, 0.25) is 0 Å². The van der Waals surface area contributed by atoms with Gasteiger partial charge in [0.15, 0.2) is 0 Å². The van der Waals surface area contributed by atoms with Crippen LogP contribution in [-0.2, 0) is 10.3 Å². The zero-order valence-corrected chi connectivity index (χ0v) is 14.2. The third-order valence-corrected chi connectivity index (χ3v) is 5.78. The molecule has 0 saturated heterocycles. The van der Waals surface area contributed by atoms with Gasteiger partial charge in [0.2, 0.25) is 0 Å². The predicted molar refractivity (Wildman–Crippen MR) is 89.8 cm³/mol. The topological polar surface area (TPSA) is 9.23 Å². The highest BCUT2D eigenvalue weighted by atomic mass is 127. The maximum atomic E-state index is 6.35. The molecule has 0 heterocycles. The summed E-state index contributed by atoms with van der Waals surface area (Å²) in [5, 5.41) is 0. The lowest BCUT2D eigenvalue weighted by Crippen LogP contribution is -2.31. The summed E-state index contributed by atoms with van der Waals surface area (Å²) < 4.78 is 7.34. The summed E-state index contributed by atoms with van der Waals surface area (Å²) in [6.07, 6.45) is 5.46. The van der Waals surface area contributed by atoms with E-state index in [1.165, 1.54) is 31.2 Å². The molecule has 3 unspecified atom stereocenters. The fraction of sp³-hybridized carbons (Fsp3) is 0.647. The maximum Gasteiger partial charge on any atom is 0.0992 e. The minimum absolute atomic E-state index is 0.136. The van der Waals surface area contributed by atoms with E-state index >= 15 is 0 Å². The first-order valence-electron chi connectivity index (χ1n) is 7.39. The van der Waals surface area contributed by atoms with Crippen molar-refractivity contribution in [3.05, 3.63) is 35.9 Å². The zero-order chi connectivity index (χ0) is 13.7. The molecule has 1 aromatic carbocycles. The Labute approximate surface area is 131 Å². The highest BCUT2D eigenvalue weighted by Gasteiger charge is 2.28. The fourth-order valence-electron chi connectivity index (χ4n) is 3.00. The van der Waals surface area contributed by atoms with Crippen LogP contribution in [0.1, 0.15) is 45.1 Å². The van der Waals surface area contributed by atoms with Crippen LogP contribution in [-0.4, -0.2) is 11.0 Å². The van der Waals surface area contributed by atoms with Gasteiger partial charge in [0.05, 0.1) is 12.2 Å². The van der Waals surface area contributed by atoms with Gasteiger partial charge in [-0.25, -0.2) is 0 Å². The average molecular weight is 372 g/mol. The molecule has 1 aliphatic rings. The second kappa shape index (κ2) is 7.07. The van der Waals surface area contributed by atoms with Gasteiger partial charge >= 0.3 is 0 Å². The smallest absolute Gasteiger partial charge is 0.0992 e. The molecular formula is C17H25IO. The van der Waals surface area contributed by atoms with Crippen LogP contribution in [0.5, 0.6) is 0 Å². The van der Waals surface area contributed by atoms with E-state index in [0.717, 1.165) is 22.9 Å². The summed E-state index contributed by atoms with van der Waals surface area (Å²) in [4.78, 5) is 0. The average Bonchev–Trinajstić information content (AvgIpc) is 2.46. The minimum atomic E-state index is -0.136. The molecule has 0 spiro atoms. The second-order valence-electron chi connectivity index (χ2n) is 6.18. The van der Waals surface area contributed by atoms with E-state index in [-0.39, 0.29) is 5.60 Å².